The first-order valence-electron chi connectivity index (χ1n) is 12.4. The van der Waals surface area contributed by atoms with Crippen LogP contribution in [0.4, 0.5) is 5.82 Å². The molecule has 6 nitrogen and oxygen atoms in total. The fourth-order valence-electron chi connectivity index (χ4n) is 3.95. The minimum Gasteiger partial charge on any atom is -0.330 e. The maximum atomic E-state index is 13.2. The van der Waals surface area contributed by atoms with Crippen LogP contribution in [0.5, 0.6) is 0 Å². The molecule has 1 aromatic heterocycles. The number of carbonyl (C=O) groups excluding carboxylic acids is 2. The molecule has 1 N–H and O–H groups in total. The number of hydrogen-bond donors (Lipinski definition) is 1. The molecule has 0 saturated heterocycles. The Morgan fingerprint density at radius 2 is 1.55 bits per heavy atom. The highest BCUT2D eigenvalue weighted by Crippen LogP contribution is 2.29. The van der Waals surface area contributed by atoms with Gasteiger partial charge in [0, 0.05) is 23.6 Å². The van der Waals surface area contributed by atoms with E-state index in [0.29, 0.717) is 33.7 Å². The standard InChI is InChI=1S/C30H30Cl2N4O2/c1-5-35(29(38)22-13-11-21(12-14-22)20-9-7-6-8-10-20)19-28(37)33-27-18-26(30(2,3)4)34-36(27)23-15-16-24(31)25(32)17-23/h6-18H,5,19H2,1-4H3,(H,33,37). The Kier molecular flexibility index (Phi) is 8.24. The van der Waals surface area contributed by atoms with Crippen molar-refractivity contribution in [3.05, 3.63) is 100 Å². The third-order valence-electron chi connectivity index (χ3n) is 6.14. The zero-order valence-electron chi connectivity index (χ0n) is 21.8. The lowest BCUT2D eigenvalue weighted by Gasteiger charge is -2.21. The molecule has 3 aromatic carbocycles. The molecule has 0 saturated carbocycles. The van der Waals surface area contributed by atoms with Crippen molar-refractivity contribution in [3.63, 3.8) is 0 Å². The van der Waals surface area contributed by atoms with Crippen molar-refractivity contribution in [3.8, 4) is 16.8 Å². The third-order valence-corrected chi connectivity index (χ3v) is 6.87. The number of benzene rings is 3. The summed E-state index contributed by atoms with van der Waals surface area (Å²) in [7, 11) is 0. The van der Waals surface area contributed by atoms with Crippen molar-refractivity contribution in [2.45, 2.75) is 33.1 Å². The van der Waals surface area contributed by atoms with Crippen LogP contribution in [0.25, 0.3) is 16.8 Å². The molecule has 0 aliphatic heterocycles. The van der Waals surface area contributed by atoms with Gasteiger partial charge in [-0.3, -0.25) is 9.59 Å². The van der Waals surface area contributed by atoms with Gasteiger partial charge in [-0.05, 0) is 48.4 Å². The molecule has 2 amide bonds. The summed E-state index contributed by atoms with van der Waals surface area (Å²) < 4.78 is 1.63. The van der Waals surface area contributed by atoms with Crippen LogP contribution in [0.1, 0.15) is 43.7 Å². The van der Waals surface area contributed by atoms with E-state index in [1.807, 2.05) is 76.2 Å². The number of aromatic nitrogens is 2. The van der Waals surface area contributed by atoms with Crippen LogP contribution in [0.3, 0.4) is 0 Å². The molecular formula is C30H30Cl2N4O2. The van der Waals surface area contributed by atoms with E-state index in [9.17, 15) is 9.59 Å². The first kappa shape index (κ1) is 27.4. The topological polar surface area (TPSA) is 67.2 Å². The predicted octanol–water partition coefficient (Wildman–Crippen LogP) is 7.24. The van der Waals surface area contributed by atoms with Gasteiger partial charge in [-0.25, -0.2) is 4.68 Å². The largest absolute Gasteiger partial charge is 0.330 e. The van der Waals surface area contributed by atoms with Crippen LogP contribution >= 0.6 is 23.2 Å². The average molecular weight is 550 g/mol. The van der Waals surface area contributed by atoms with Gasteiger partial charge < -0.3 is 10.2 Å². The van der Waals surface area contributed by atoms with Gasteiger partial charge in [0.15, 0.2) is 0 Å². The molecule has 4 rings (SSSR count). The summed E-state index contributed by atoms with van der Waals surface area (Å²) in [4.78, 5) is 27.8. The van der Waals surface area contributed by atoms with Crippen LogP contribution in [-0.2, 0) is 10.2 Å². The number of nitrogens with one attached hydrogen (secondary N) is 1. The minimum atomic E-state index is -0.331. The lowest BCUT2D eigenvalue weighted by atomic mass is 9.92. The number of halogens is 2. The Hall–Kier alpha value is -3.61. The second kappa shape index (κ2) is 11.4. The Morgan fingerprint density at radius 3 is 2.16 bits per heavy atom. The molecule has 0 atom stereocenters. The zero-order chi connectivity index (χ0) is 27.4. The quantitative estimate of drug-likeness (QED) is 0.264. The maximum Gasteiger partial charge on any atom is 0.254 e. The van der Waals surface area contributed by atoms with E-state index < -0.39 is 0 Å². The van der Waals surface area contributed by atoms with Crippen LogP contribution in [0, 0.1) is 0 Å². The number of rotatable bonds is 7. The molecule has 0 unspecified atom stereocenters. The summed E-state index contributed by atoms with van der Waals surface area (Å²) >= 11 is 12.3. The summed E-state index contributed by atoms with van der Waals surface area (Å²) in [6.07, 6.45) is 0. The Bertz CT molecular complexity index is 1440. The third kappa shape index (κ3) is 6.26. The van der Waals surface area contributed by atoms with Gasteiger partial charge in [-0.15, -0.1) is 0 Å². The van der Waals surface area contributed by atoms with Crippen molar-refractivity contribution in [2.24, 2.45) is 0 Å². The SMILES string of the molecule is CCN(CC(=O)Nc1cc(C(C)(C)C)nn1-c1ccc(Cl)c(Cl)c1)C(=O)c1ccc(-c2ccccc2)cc1. The Balaban J connectivity index is 1.52. The van der Waals surface area contributed by atoms with Crippen LogP contribution in [0.2, 0.25) is 10.0 Å². The molecular weight excluding hydrogens is 519 g/mol. The van der Waals surface area contributed by atoms with Gasteiger partial charge in [-0.1, -0.05) is 86.4 Å². The van der Waals surface area contributed by atoms with Gasteiger partial charge in [-0.2, -0.15) is 5.10 Å². The van der Waals surface area contributed by atoms with Crippen molar-refractivity contribution >= 4 is 40.8 Å². The molecule has 38 heavy (non-hydrogen) atoms. The Labute approximate surface area is 233 Å². The smallest absolute Gasteiger partial charge is 0.254 e. The zero-order valence-corrected chi connectivity index (χ0v) is 23.3. The average Bonchev–Trinajstić information content (AvgIpc) is 3.33. The number of hydrogen-bond acceptors (Lipinski definition) is 3. The Morgan fingerprint density at radius 1 is 0.895 bits per heavy atom. The van der Waals surface area contributed by atoms with E-state index in [2.05, 4.69) is 5.32 Å². The number of likely N-dealkylation sites (N-methyl/N-ethyl adjacent to an activating group) is 1. The minimum absolute atomic E-state index is 0.104. The van der Waals surface area contributed by atoms with Crippen LogP contribution in [-0.4, -0.2) is 39.6 Å². The van der Waals surface area contributed by atoms with E-state index in [0.717, 1.165) is 16.8 Å². The molecule has 196 valence electrons. The monoisotopic (exact) mass is 548 g/mol. The summed E-state index contributed by atoms with van der Waals surface area (Å²) in [5.74, 6) is -0.0626. The highest BCUT2D eigenvalue weighted by Gasteiger charge is 2.23. The molecule has 0 aliphatic carbocycles. The van der Waals surface area contributed by atoms with Crippen molar-refractivity contribution in [2.75, 3.05) is 18.4 Å². The van der Waals surface area contributed by atoms with E-state index in [1.54, 1.807) is 35.0 Å². The van der Waals surface area contributed by atoms with Gasteiger partial charge in [0.1, 0.15) is 12.4 Å². The molecule has 0 fully saturated rings. The molecule has 4 aromatic rings. The molecule has 0 spiro atoms. The number of amides is 2. The first-order valence-corrected chi connectivity index (χ1v) is 13.1. The second-order valence-electron chi connectivity index (χ2n) is 9.99. The first-order chi connectivity index (χ1) is 18.1. The highest BCUT2D eigenvalue weighted by atomic mass is 35.5. The van der Waals surface area contributed by atoms with Gasteiger partial charge in [0.05, 0.1) is 21.4 Å². The normalized spacial score (nSPS) is 11.3. The van der Waals surface area contributed by atoms with E-state index in [-0.39, 0.29) is 23.8 Å². The van der Waals surface area contributed by atoms with E-state index in [1.165, 1.54) is 4.90 Å². The lowest BCUT2D eigenvalue weighted by Crippen LogP contribution is -2.38. The molecule has 1 heterocycles. The maximum absolute atomic E-state index is 13.2. The molecule has 0 aliphatic rings. The van der Waals surface area contributed by atoms with E-state index >= 15 is 0 Å². The molecule has 0 bridgehead atoms. The van der Waals surface area contributed by atoms with Gasteiger partial charge in [0.2, 0.25) is 5.91 Å². The molecule has 0 radical (unpaired) electrons. The van der Waals surface area contributed by atoms with Crippen molar-refractivity contribution in [1.82, 2.24) is 14.7 Å². The molecule has 8 heteroatoms. The van der Waals surface area contributed by atoms with Crippen LogP contribution < -0.4 is 5.32 Å². The second-order valence-corrected chi connectivity index (χ2v) is 10.8. The summed E-state index contributed by atoms with van der Waals surface area (Å²) in [5, 5.41) is 8.45. The number of nitrogens with zero attached hydrogens (tertiary/aromatic N) is 3. The lowest BCUT2D eigenvalue weighted by molar-refractivity contribution is -0.116. The van der Waals surface area contributed by atoms with E-state index in [4.69, 9.17) is 28.3 Å². The highest BCUT2D eigenvalue weighted by molar-refractivity contribution is 6.42. The van der Waals surface area contributed by atoms with Crippen molar-refractivity contribution < 1.29 is 9.59 Å². The summed E-state index contributed by atoms with van der Waals surface area (Å²) in [6.45, 7) is 8.25. The summed E-state index contributed by atoms with van der Waals surface area (Å²) in [5.41, 5.74) is 3.82. The van der Waals surface area contributed by atoms with Gasteiger partial charge in [0.25, 0.3) is 5.91 Å². The fraction of sp³-hybridized carbons (Fsp3) is 0.233. The fourth-order valence-corrected chi connectivity index (χ4v) is 4.24. The number of anilines is 1. The van der Waals surface area contributed by atoms with Crippen molar-refractivity contribution in [1.29, 1.82) is 0 Å². The summed E-state index contributed by atoms with van der Waals surface area (Å²) in [6, 6.07) is 24.4. The van der Waals surface area contributed by atoms with Gasteiger partial charge >= 0.3 is 0 Å². The predicted molar refractivity (Wildman–Crippen MR) is 154 cm³/mol. The van der Waals surface area contributed by atoms with Crippen LogP contribution in [0.15, 0.2) is 78.9 Å². The number of carbonyl (C=O) groups is 2.